The summed E-state index contributed by atoms with van der Waals surface area (Å²) in [5, 5.41) is 31.9. The van der Waals surface area contributed by atoms with Crippen molar-refractivity contribution in [2.45, 2.75) is 36.6 Å². The summed E-state index contributed by atoms with van der Waals surface area (Å²) in [5.74, 6) is -4.31. The van der Waals surface area contributed by atoms with Crippen molar-refractivity contribution in [1.82, 2.24) is 0 Å². The molecule has 2 aliphatic carbocycles. The molecular weight excluding hydrogens is 368 g/mol. The minimum atomic E-state index is -1.86. The molecule has 142 valence electrons. The number of phenolic OH excluding ortho intramolecular Hbond substituents is 1. The fourth-order valence-electron chi connectivity index (χ4n) is 4.73. The van der Waals surface area contributed by atoms with Crippen LogP contribution >= 0.6 is 0 Å². The molecule has 0 unspecified atom stereocenters. The average Bonchev–Trinajstić information content (AvgIpc) is 2.65. The van der Waals surface area contributed by atoms with Gasteiger partial charge in [0.2, 0.25) is 0 Å². The fraction of sp³-hybridized carbons (Fsp3) is 0.300. The van der Waals surface area contributed by atoms with Crippen LogP contribution in [0.15, 0.2) is 30.3 Å². The van der Waals surface area contributed by atoms with E-state index in [1.807, 2.05) is 0 Å². The van der Waals surface area contributed by atoms with Crippen LogP contribution in [0.2, 0.25) is 0 Å². The minimum Gasteiger partial charge on any atom is -0.507 e. The van der Waals surface area contributed by atoms with Crippen LogP contribution in [0.4, 0.5) is 0 Å². The van der Waals surface area contributed by atoms with Crippen LogP contribution in [0, 0.1) is 0 Å². The van der Waals surface area contributed by atoms with Crippen molar-refractivity contribution in [2.24, 2.45) is 0 Å². The topological polar surface area (TPSA) is 123 Å². The quantitative estimate of drug-likeness (QED) is 0.619. The Bertz CT molecular complexity index is 1110. The standard InChI is InChI=1S/C20H14O8/c21-9-4-5-13-18-16(9)11(23)7-15(25)20(18)26-12-3-1-2-8-10(22)6-14(24)19(27-13,28-20)17(8)12/h1-5,14-15,21,24-25H,6-7H2/t14-,15-,19-,20+/m0/s1. The maximum absolute atomic E-state index is 12.5. The van der Waals surface area contributed by atoms with Crippen LogP contribution < -0.4 is 9.47 Å². The lowest BCUT2D eigenvalue weighted by Crippen LogP contribution is -2.67. The summed E-state index contributed by atoms with van der Waals surface area (Å²) in [7, 11) is 0. The van der Waals surface area contributed by atoms with Crippen molar-refractivity contribution in [3.8, 4) is 17.2 Å². The molecule has 0 amide bonds. The maximum atomic E-state index is 12.5. The lowest BCUT2D eigenvalue weighted by Gasteiger charge is -2.57. The predicted octanol–water partition coefficient (Wildman–Crippen LogP) is 1.09. The Morgan fingerprint density at radius 2 is 1.50 bits per heavy atom. The number of ether oxygens (including phenoxy) is 3. The van der Waals surface area contributed by atoms with E-state index >= 15 is 0 Å². The van der Waals surface area contributed by atoms with Crippen LogP contribution in [0.25, 0.3) is 0 Å². The molecule has 2 bridgehead atoms. The number of phenols is 1. The molecule has 2 aromatic rings. The van der Waals surface area contributed by atoms with E-state index in [-0.39, 0.29) is 52.6 Å². The molecule has 8 heteroatoms. The van der Waals surface area contributed by atoms with Gasteiger partial charge in [-0.3, -0.25) is 14.3 Å². The van der Waals surface area contributed by atoms with Gasteiger partial charge >= 0.3 is 0 Å². The molecule has 2 heterocycles. The second kappa shape index (κ2) is 4.72. The predicted molar refractivity (Wildman–Crippen MR) is 90.2 cm³/mol. The Morgan fingerprint density at radius 1 is 0.857 bits per heavy atom. The summed E-state index contributed by atoms with van der Waals surface area (Å²) in [6, 6.07) is 7.55. The maximum Gasteiger partial charge on any atom is 0.271 e. The first-order valence-corrected chi connectivity index (χ1v) is 8.88. The molecule has 0 fully saturated rings. The zero-order valence-corrected chi connectivity index (χ0v) is 14.3. The first-order valence-electron chi connectivity index (χ1n) is 8.88. The number of rotatable bonds is 0. The van der Waals surface area contributed by atoms with Crippen LogP contribution in [-0.4, -0.2) is 39.1 Å². The third kappa shape index (κ3) is 1.59. The van der Waals surface area contributed by atoms with E-state index in [0.29, 0.717) is 5.56 Å². The number of benzene rings is 2. The molecule has 2 spiro atoms. The van der Waals surface area contributed by atoms with Crippen LogP contribution in [0.5, 0.6) is 17.2 Å². The van der Waals surface area contributed by atoms with E-state index in [1.54, 1.807) is 18.2 Å². The van der Waals surface area contributed by atoms with Gasteiger partial charge in [0, 0.05) is 18.4 Å². The molecule has 4 aliphatic rings. The first kappa shape index (κ1) is 16.1. The average molecular weight is 382 g/mol. The molecule has 3 N–H and O–H groups in total. The van der Waals surface area contributed by atoms with E-state index in [9.17, 15) is 24.9 Å². The summed E-state index contributed by atoms with van der Waals surface area (Å²) < 4.78 is 18.3. The van der Waals surface area contributed by atoms with Gasteiger partial charge in [0.1, 0.15) is 29.5 Å². The van der Waals surface area contributed by atoms with Crippen molar-refractivity contribution >= 4 is 11.6 Å². The number of carbonyl (C=O) groups excluding carboxylic acids is 2. The van der Waals surface area contributed by atoms with E-state index in [4.69, 9.17) is 14.2 Å². The Balaban J connectivity index is 1.73. The number of aliphatic hydroxyl groups is 2. The Morgan fingerprint density at radius 3 is 2.25 bits per heavy atom. The summed E-state index contributed by atoms with van der Waals surface area (Å²) in [5.41, 5.74) is 0.607. The lowest BCUT2D eigenvalue weighted by atomic mass is 9.76. The number of aromatic hydroxyl groups is 1. The third-order valence-corrected chi connectivity index (χ3v) is 5.91. The smallest absolute Gasteiger partial charge is 0.271 e. The zero-order valence-electron chi connectivity index (χ0n) is 14.3. The highest BCUT2D eigenvalue weighted by Crippen LogP contribution is 2.61. The van der Waals surface area contributed by atoms with Gasteiger partial charge in [0.15, 0.2) is 11.6 Å². The van der Waals surface area contributed by atoms with Crippen LogP contribution in [0.1, 0.15) is 44.7 Å². The number of aliphatic hydroxyl groups excluding tert-OH is 2. The normalized spacial score (nSPS) is 34.1. The summed E-state index contributed by atoms with van der Waals surface area (Å²) in [6.07, 6.45) is -3.34. The van der Waals surface area contributed by atoms with Crippen molar-refractivity contribution in [3.05, 3.63) is 52.6 Å². The van der Waals surface area contributed by atoms with Crippen LogP contribution in [-0.2, 0) is 16.3 Å². The third-order valence-electron chi connectivity index (χ3n) is 5.91. The number of hydrogen-bond acceptors (Lipinski definition) is 8. The number of ketones is 2. The molecule has 0 aromatic heterocycles. The van der Waals surface area contributed by atoms with Crippen molar-refractivity contribution in [3.63, 3.8) is 0 Å². The van der Waals surface area contributed by atoms with E-state index in [1.165, 1.54) is 12.1 Å². The monoisotopic (exact) mass is 382 g/mol. The second-order valence-electron chi connectivity index (χ2n) is 7.44. The SMILES string of the molecule is O=C1C[C@H](O)[C@@]23Oc4ccc(O)c5c4[C@](Oc4cccc1c42)(O3)[C@@H](O)CC5=O. The number of carbonyl (C=O) groups is 2. The van der Waals surface area contributed by atoms with E-state index in [0.717, 1.165) is 0 Å². The molecule has 0 radical (unpaired) electrons. The molecular formula is C20H14O8. The highest BCUT2D eigenvalue weighted by Gasteiger charge is 2.68. The van der Waals surface area contributed by atoms with E-state index in [2.05, 4.69) is 0 Å². The van der Waals surface area contributed by atoms with Crippen molar-refractivity contribution in [2.75, 3.05) is 0 Å². The van der Waals surface area contributed by atoms with Gasteiger partial charge in [0.25, 0.3) is 11.6 Å². The van der Waals surface area contributed by atoms with Gasteiger partial charge in [-0.05, 0) is 18.2 Å². The zero-order chi connectivity index (χ0) is 19.4. The van der Waals surface area contributed by atoms with Gasteiger partial charge in [0.05, 0.1) is 16.7 Å². The van der Waals surface area contributed by atoms with Gasteiger partial charge in [-0.2, -0.15) is 0 Å². The van der Waals surface area contributed by atoms with Gasteiger partial charge in [-0.25, -0.2) is 0 Å². The second-order valence-corrected chi connectivity index (χ2v) is 7.44. The van der Waals surface area contributed by atoms with Crippen LogP contribution in [0.3, 0.4) is 0 Å². The minimum absolute atomic E-state index is 0.0429. The highest BCUT2D eigenvalue weighted by molar-refractivity contribution is 6.03. The lowest BCUT2D eigenvalue weighted by molar-refractivity contribution is -0.404. The van der Waals surface area contributed by atoms with E-state index < -0.39 is 29.6 Å². The molecule has 0 saturated carbocycles. The van der Waals surface area contributed by atoms with Gasteiger partial charge in [-0.1, -0.05) is 12.1 Å². The molecule has 28 heavy (non-hydrogen) atoms. The Kier molecular flexibility index (Phi) is 2.71. The van der Waals surface area contributed by atoms with Crippen molar-refractivity contribution in [1.29, 1.82) is 0 Å². The molecule has 6 rings (SSSR count). The molecule has 8 nitrogen and oxygen atoms in total. The van der Waals surface area contributed by atoms with Gasteiger partial charge in [-0.15, -0.1) is 0 Å². The van der Waals surface area contributed by atoms with Crippen molar-refractivity contribution < 1.29 is 39.1 Å². The molecule has 2 aromatic carbocycles. The summed E-state index contributed by atoms with van der Waals surface area (Å²) in [6.45, 7) is 0. The molecule has 2 aliphatic heterocycles. The van der Waals surface area contributed by atoms with Gasteiger partial charge < -0.3 is 24.8 Å². The highest BCUT2D eigenvalue weighted by atomic mass is 16.8. The molecule has 4 atom stereocenters. The Labute approximate surface area is 157 Å². The summed E-state index contributed by atoms with van der Waals surface area (Å²) in [4.78, 5) is 24.9. The fourth-order valence-corrected chi connectivity index (χ4v) is 4.73. The number of hydrogen-bond donors (Lipinski definition) is 3. The largest absolute Gasteiger partial charge is 0.507 e. The first-order chi connectivity index (χ1) is 13.4. The number of Topliss-reactive ketones (excluding diaryl/α,β-unsaturated/α-hetero) is 2. The Hall–Kier alpha value is -2.94. The summed E-state index contributed by atoms with van der Waals surface area (Å²) >= 11 is 0. The molecule has 0 saturated heterocycles.